The van der Waals surface area contributed by atoms with Crippen LogP contribution in [0.3, 0.4) is 0 Å². The van der Waals surface area contributed by atoms with E-state index < -0.39 is 11.0 Å². The van der Waals surface area contributed by atoms with Gasteiger partial charge < -0.3 is 14.4 Å². The first-order valence-electron chi connectivity index (χ1n) is 9.89. The van der Waals surface area contributed by atoms with Crippen LogP contribution in [0.4, 0.5) is 11.4 Å². The molecule has 0 fully saturated rings. The van der Waals surface area contributed by atoms with E-state index in [0.29, 0.717) is 31.0 Å². The normalized spacial score (nSPS) is 15.8. The lowest BCUT2D eigenvalue weighted by Gasteiger charge is -2.35. The Kier molecular flexibility index (Phi) is 6.36. The van der Waals surface area contributed by atoms with E-state index in [1.54, 1.807) is 11.0 Å². The number of nitro groups is 1. The topological polar surface area (TPSA) is 81.9 Å². The van der Waals surface area contributed by atoms with E-state index in [0.717, 1.165) is 12.2 Å². The summed E-state index contributed by atoms with van der Waals surface area (Å²) in [5.74, 6) is 0.986. The number of aryl methyl sites for hydroxylation is 1. The molecule has 2 aromatic rings. The maximum absolute atomic E-state index is 12.9. The Morgan fingerprint density at radius 2 is 1.93 bits per heavy atom. The van der Waals surface area contributed by atoms with Crippen molar-refractivity contribution in [1.29, 1.82) is 0 Å². The van der Waals surface area contributed by atoms with Gasteiger partial charge in [0.15, 0.2) is 11.9 Å². The maximum Gasteiger partial charge on any atom is 0.273 e. The molecule has 0 spiro atoms. The molecule has 154 valence electrons. The van der Waals surface area contributed by atoms with Gasteiger partial charge in [-0.15, -0.1) is 0 Å². The van der Waals surface area contributed by atoms with Crippen LogP contribution in [0.25, 0.3) is 0 Å². The smallest absolute Gasteiger partial charge is 0.273 e. The standard InChI is InChI=1S/C22H26N2O5/c1-4-16-6-9-18(10-7-16)28-13-5-12-23-19-11-8-17(24(26)27)14-20(19)29-21(15(2)3)22(23)25/h6-11,14-15,21H,4-5,12-13H2,1-3H3. The largest absolute Gasteiger partial charge is 0.494 e. The Balaban J connectivity index is 1.69. The van der Waals surface area contributed by atoms with Gasteiger partial charge in [0.2, 0.25) is 0 Å². The number of amides is 1. The van der Waals surface area contributed by atoms with Gasteiger partial charge in [0.1, 0.15) is 5.75 Å². The van der Waals surface area contributed by atoms with E-state index in [2.05, 4.69) is 6.92 Å². The van der Waals surface area contributed by atoms with Crippen LogP contribution >= 0.6 is 0 Å². The molecule has 0 aliphatic carbocycles. The van der Waals surface area contributed by atoms with Crippen molar-refractivity contribution in [1.82, 2.24) is 0 Å². The van der Waals surface area contributed by atoms with Gasteiger partial charge in [-0.05, 0) is 42.5 Å². The van der Waals surface area contributed by atoms with Crippen molar-refractivity contribution in [2.24, 2.45) is 5.92 Å². The Bertz CT molecular complexity index is 879. The number of non-ortho nitro benzene ring substituents is 1. The first-order valence-corrected chi connectivity index (χ1v) is 9.89. The average Bonchev–Trinajstić information content (AvgIpc) is 2.71. The fraction of sp³-hybridized carbons (Fsp3) is 0.409. The molecule has 0 bridgehead atoms. The molecule has 1 unspecified atom stereocenters. The molecule has 0 saturated carbocycles. The molecule has 1 aliphatic rings. The molecule has 1 aliphatic heterocycles. The van der Waals surface area contributed by atoms with Crippen molar-refractivity contribution in [2.45, 2.75) is 39.7 Å². The molecule has 0 N–H and O–H groups in total. The number of ether oxygens (including phenoxy) is 2. The molecule has 3 rings (SSSR count). The van der Waals surface area contributed by atoms with Crippen LogP contribution < -0.4 is 14.4 Å². The zero-order chi connectivity index (χ0) is 21.0. The van der Waals surface area contributed by atoms with E-state index in [9.17, 15) is 14.9 Å². The highest BCUT2D eigenvalue weighted by atomic mass is 16.6. The Morgan fingerprint density at radius 3 is 2.55 bits per heavy atom. The minimum atomic E-state index is -0.660. The number of benzene rings is 2. The van der Waals surface area contributed by atoms with Crippen LogP contribution in [0.15, 0.2) is 42.5 Å². The van der Waals surface area contributed by atoms with Gasteiger partial charge in [-0.2, -0.15) is 0 Å². The Hall–Kier alpha value is -3.09. The van der Waals surface area contributed by atoms with E-state index in [1.807, 2.05) is 38.1 Å². The summed E-state index contributed by atoms with van der Waals surface area (Å²) >= 11 is 0. The summed E-state index contributed by atoms with van der Waals surface area (Å²) in [5, 5.41) is 11.1. The van der Waals surface area contributed by atoms with Gasteiger partial charge in [-0.3, -0.25) is 14.9 Å². The Labute approximate surface area is 170 Å². The predicted octanol–water partition coefficient (Wildman–Crippen LogP) is 4.38. The summed E-state index contributed by atoms with van der Waals surface area (Å²) in [6, 6.07) is 12.3. The highest BCUT2D eigenvalue weighted by Gasteiger charge is 2.36. The summed E-state index contributed by atoms with van der Waals surface area (Å²) < 4.78 is 11.6. The molecule has 1 atom stereocenters. The third-order valence-corrected chi connectivity index (χ3v) is 4.94. The molecule has 2 aromatic carbocycles. The lowest BCUT2D eigenvalue weighted by atomic mass is 10.0. The molecule has 7 heteroatoms. The second-order valence-corrected chi connectivity index (χ2v) is 7.38. The average molecular weight is 398 g/mol. The van der Waals surface area contributed by atoms with Gasteiger partial charge in [-0.1, -0.05) is 32.9 Å². The zero-order valence-electron chi connectivity index (χ0n) is 17.0. The molecular formula is C22H26N2O5. The third kappa shape index (κ3) is 4.67. The van der Waals surface area contributed by atoms with Crippen LogP contribution in [-0.2, 0) is 11.2 Å². The Morgan fingerprint density at radius 1 is 1.21 bits per heavy atom. The third-order valence-electron chi connectivity index (χ3n) is 4.94. The summed E-state index contributed by atoms with van der Waals surface area (Å²) in [6.07, 6.45) is 0.947. The van der Waals surface area contributed by atoms with Gasteiger partial charge in [0.05, 0.1) is 23.3 Å². The number of nitrogens with zero attached hydrogens (tertiary/aromatic N) is 2. The van der Waals surface area contributed by atoms with Gasteiger partial charge in [0, 0.05) is 12.6 Å². The van der Waals surface area contributed by atoms with Crippen molar-refractivity contribution in [3.05, 3.63) is 58.1 Å². The molecule has 1 heterocycles. The zero-order valence-corrected chi connectivity index (χ0v) is 17.0. The number of carbonyl (C=O) groups is 1. The fourth-order valence-electron chi connectivity index (χ4n) is 3.28. The van der Waals surface area contributed by atoms with Crippen LogP contribution in [-0.4, -0.2) is 30.1 Å². The number of anilines is 1. The van der Waals surface area contributed by atoms with Crippen LogP contribution in [0, 0.1) is 16.0 Å². The lowest BCUT2D eigenvalue weighted by Crippen LogP contribution is -2.48. The second-order valence-electron chi connectivity index (χ2n) is 7.38. The highest BCUT2D eigenvalue weighted by Crippen LogP contribution is 2.38. The van der Waals surface area contributed by atoms with Crippen LogP contribution in [0.2, 0.25) is 0 Å². The van der Waals surface area contributed by atoms with Crippen molar-refractivity contribution >= 4 is 17.3 Å². The number of hydrogen-bond donors (Lipinski definition) is 0. The minimum Gasteiger partial charge on any atom is -0.494 e. The van der Waals surface area contributed by atoms with Crippen molar-refractivity contribution in [3.8, 4) is 11.5 Å². The van der Waals surface area contributed by atoms with Crippen molar-refractivity contribution < 1.29 is 19.2 Å². The number of nitro benzene ring substituents is 1. The summed E-state index contributed by atoms with van der Waals surface area (Å²) in [4.78, 5) is 25.2. The number of rotatable bonds is 8. The van der Waals surface area contributed by atoms with Crippen LogP contribution in [0.1, 0.15) is 32.8 Å². The van der Waals surface area contributed by atoms with E-state index in [1.165, 1.54) is 17.7 Å². The molecule has 0 aromatic heterocycles. The second kappa shape index (κ2) is 8.94. The SMILES string of the molecule is CCc1ccc(OCCCN2C(=O)C(C(C)C)Oc3cc([N+](=O)[O-])ccc32)cc1. The monoisotopic (exact) mass is 398 g/mol. The van der Waals surface area contributed by atoms with E-state index in [-0.39, 0.29) is 17.5 Å². The summed E-state index contributed by atoms with van der Waals surface area (Å²) in [6.45, 7) is 6.80. The van der Waals surface area contributed by atoms with Crippen molar-refractivity contribution in [3.63, 3.8) is 0 Å². The minimum absolute atomic E-state index is 0.0502. The molecule has 7 nitrogen and oxygen atoms in total. The van der Waals surface area contributed by atoms with Gasteiger partial charge >= 0.3 is 0 Å². The van der Waals surface area contributed by atoms with E-state index in [4.69, 9.17) is 9.47 Å². The quantitative estimate of drug-likeness (QED) is 0.374. The number of hydrogen-bond acceptors (Lipinski definition) is 5. The molecular weight excluding hydrogens is 372 g/mol. The maximum atomic E-state index is 12.9. The first-order chi connectivity index (χ1) is 13.9. The number of carbonyl (C=O) groups excluding carboxylic acids is 1. The van der Waals surface area contributed by atoms with Crippen LogP contribution in [0.5, 0.6) is 11.5 Å². The molecule has 0 radical (unpaired) electrons. The van der Waals surface area contributed by atoms with Gasteiger partial charge in [0.25, 0.3) is 11.6 Å². The van der Waals surface area contributed by atoms with Crippen molar-refractivity contribution in [2.75, 3.05) is 18.1 Å². The molecule has 29 heavy (non-hydrogen) atoms. The molecule has 0 saturated heterocycles. The molecule has 1 amide bonds. The van der Waals surface area contributed by atoms with Gasteiger partial charge in [-0.25, -0.2) is 0 Å². The fourth-order valence-corrected chi connectivity index (χ4v) is 3.28. The lowest BCUT2D eigenvalue weighted by molar-refractivity contribution is -0.384. The van der Waals surface area contributed by atoms with E-state index >= 15 is 0 Å². The number of fused-ring (bicyclic) bond motifs is 1. The summed E-state index contributed by atoms with van der Waals surface area (Å²) in [7, 11) is 0. The summed E-state index contributed by atoms with van der Waals surface area (Å²) in [5.41, 5.74) is 1.76. The first kappa shape index (κ1) is 20.6. The predicted molar refractivity (Wildman–Crippen MR) is 111 cm³/mol. The highest BCUT2D eigenvalue weighted by molar-refractivity contribution is 6.00.